The van der Waals surface area contributed by atoms with Crippen LogP contribution < -0.4 is 0 Å². The Bertz CT molecular complexity index is 146. The standard InChI is InChI=1S/C9H17NO/c1-4-10(8(2)3)5-9-6-11-7-9/h5,8H,4,6-7H2,1-3H3. The molecule has 2 nitrogen and oxygen atoms in total. The first-order valence-corrected chi connectivity index (χ1v) is 4.27. The van der Waals surface area contributed by atoms with Crippen molar-refractivity contribution >= 4 is 0 Å². The Labute approximate surface area is 68.8 Å². The molecule has 1 aliphatic heterocycles. The molecule has 1 saturated heterocycles. The highest BCUT2D eigenvalue weighted by Crippen LogP contribution is 2.10. The highest BCUT2D eigenvalue weighted by Gasteiger charge is 2.11. The lowest BCUT2D eigenvalue weighted by molar-refractivity contribution is 0.0982. The van der Waals surface area contributed by atoms with Crippen LogP contribution in [-0.4, -0.2) is 30.7 Å². The molecule has 1 rings (SSSR count). The molecule has 11 heavy (non-hydrogen) atoms. The van der Waals surface area contributed by atoms with Crippen LogP contribution >= 0.6 is 0 Å². The van der Waals surface area contributed by atoms with Crippen molar-refractivity contribution in [3.05, 3.63) is 11.8 Å². The second-order valence-corrected chi connectivity index (χ2v) is 3.20. The minimum Gasteiger partial charge on any atom is -0.375 e. The number of hydrogen-bond acceptors (Lipinski definition) is 2. The van der Waals surface area contributed by atoms with Gasteiger partial charge in [-0.1, -0.05) is 0 Å². The van der Waals surface area contributed by atoms with Gasteiger partial charge in [0, 0.05) is 18.8 Å². The quantitative estimate of drug-likeness (QED) is 0.614. The van der Waals surface area contributed by atoms with Crippen LogP contribution in [0.15, 0.2) is 11.8 Å². The molecule has 0 unspecified atom stereocenters. The van der Waals surface area contributed by atoms with Crippen LogP contribution in [0.2, 0.25) is 0 Å². The van der Waals surface area contributed by atoms with Gasteiger partial charge < -0.3 is 9.64 Å². The fourth-order valence-electron chi connectivity index (χ4n) is 1.13. The van der Waals surface area contributed by atoms with Gasteiger partial charge in [0.2, 0.25) is 0 Å². The monoisotopic (exact) mass is 155 g/mol. The third kappa shape index (κ3) is 2.22. The molecule has 0 saturated carbocycles. The summed E-state index contributed by atoms with van der Waals surface area (Å²) in [6.45, 7) is 9.35. The smallest absolute Gasteiger partial charge is 0.0720 e. The van der Waals surface area contributed by atoms with Crippen LogP contribution in [0.5, 0.6) is 0 Å². The van der Waals surface area contributed by atoms with E-state index in [1.54, 1.807) is 0 Å². The summed E-state index contributed by atoms with van der Waals surface area (Å²) in [7, 11) is 0. The lowest BCUT2D eigenvalue weighted by Gasteiger charge is -2.27. The molecule has 0 aliphatic carbocycles. The number of rotatable bonds is 3. The molecule has 0 aromatic rings. The SMILES string of the molecule is CCN(C=C1COC1)C(C)C. The summed E-state index contributed by atoms with van der Waals surface area (Å²) < 4.78 is 5.07. The van der Waals surface area contributed by atoms with Crippen molar-refractivity contribution < 1.29 is 4.74 Å². The molecule has 1 fully saturated rings. The highest BCUT2D eigenvalue weighted by molar-refractivity contribution is 5.08. The maximum absolute atomic E-state index is 5.07. The highest BCUT2D eigenvalue weighted by atomic mass is 16.5. The van der Waals surface area contributed by atoms with E-state index in [2.05, 4.69) is 31.9 Å². The van der Waals surface area contributed by atoms with Crippen LogP contribution in [0.25, 0.3) is 0 Å². The Kier molecular flexibility index (Phi) is 2.94. The molecule has 1 aliphatic rings. The van der Waals surface area contributed by atoms with Gasteiger partial charge in [-0.3, -0.25) is 0 Å². The van der Waals surface area contributed by atoms with Gasteiger partial charge in [0.1, 0.15) is 0 Å². The van der Waals surface area contributed by atoms with Crippen molar-refractivity contribution in [2.24, 2.45) is 0 Å². The summed E-state index contributed by atoms with van der Waals surface area (Å²) in [5.74, 6) is 0. The van der Waals surface area contributed by atoms with E-state index in [1.165, 1.54) is 5.57 Å². The Morgan fingerprint density at radius 1 is 1.55 bits per heavy atom. The van der Waals surface area contributed by atoms with Gasteiger partial charge in [-0.15, -0.1) is 0 Å². The number of nitrogens with zero attached hydrogens (tertiary/aromatic N) is 1. The van der Waals surface area contributed by atoms with Gasteiger partial charge in [0.25, 0.3) is 0 Å². The fraction of sp³-hybridized carbons (Fsp3) is 0.778. The van der Waals surface area contributed by atoms with Crippen molar-refractivity contribution in [1.82, 2.24) is 4.90 Å². The van der Waals surface area contributed by atoms with Crippen LogP contribution in [0.4, 0.5) is 0 Å². The molecule has 1 heterocycles. The Hall–Kier alpha value is -0.500. The molecule has 2 heteroatoms. The summed E-state index contributed by atoms with van der Waals surface area (Å²) in [5.41, 5.74) is 1.42. The Morgan fingerprint density at radius 3 is 2.45 bits per heavy atom. The summed E-state index contributed by atoms with van der Waals surface area (Å²) in [5, 5.41) is 0. The molecule has 0 amide bonds. The lowest BCUT2D eigenvalue weighted by atomic mass is 10.2. The molecular formula is C9H17NO. The zero-order chi connectivity index (χ0) is 8.27. The predicted octanol–water partition coefficient (Wildman–Crippen LogP) is 1.63. The average Bonchev–Trinajstić information content (AvgIpc) is 1.85. The van der Waals surface area contributed by atoms with Gasteiger partial charge in [-0.2, -0.15) is 0 Å². The Morgan fingerprint density at radius 2 is 2.18 bits per heavy atom. The van der Waals surface area contributed by atoms with Crippen molar-refractivity contribution in [2.45, 2.75) is 26.8 Å². The number of hydrogen-bond donors (Lipinski definition) is 0. The van der Waals surface area contributed by atoms with E-state index in [9.17, 15) is 0 Å². The van der Waals surface area contributed by atoms with Crippen LogP contribution in [0.1, 0.15) is 20.8 Å². The summed E-state index contributed by atoms with van der Waals surface area (Å²) in [6.07, 6.45) is 2.23. The first-order valence-electron chi connectivity index (χ1n) is 4.27. The minimum absolute atomic E-state index is 0.605. The van der Waals surface area contributed by atoms with E-state index in [4.69, 9.17) is 4.74 Å². The van der Waals surface area contributed by atoms with E-state index in [0.29, 0.717) is 6.04 Å². The molecule has 0 radical (unpaired) electrons. The predicted molar refractivity (Wildman–Crippen MR) is 46.4 cm³/mol. The Balaban J connectivity index is 2.42. The van der Waals surface area contributed by atoms with Crippen molar-refractivity contribution in [3.63, 3.8) is 0 Å². The van der Waals surface area contributed by atoms with Crippen LogP contribution in [0.3, 0.4) is 0 Å². The summed E-state index contributed by atoms with van der Waals surface area (Å²) in [6, 6.07) is 0.605. The van der Waals surface area contributed by atoms with E-state index in [1.807, 2.05) is 0 Å². The van der Waals surface area contributed by atoms with Crippen molar-refractivity contribution in [1.29, 1.82) is 0 Å². The topological polar surface area (TPSA) is 12.5 Å². The minimum atomic E-state index is 0.605. The maximum Gasteiger partial charge on any atom is 0.0720 e. The van der Waals surface area contributed by atoms with Crippen molar-refractivity contribution in [3.8, 4) is 0 Å². The van der Waals surface area contributed by atoms with Crippen LogP contribution in [0, 0.1) is 0 Å². The molecule has 0 aromatic carbocycles. The zero-order valence-corrected chi connectivity index (χ0v) is 7.63. The first-order chi connectivity index (χ1) is 5.24. The summed E-state index contributed by atoms with van der Waals surface area (Å²) in [4.78, 5) is 2.33. The zero-order valence-electron chi connectivity index (χ0n) is 7.63. The summed E-state index contributed by atoms with van der Waals surface area (Å²) >= 11 is 0. The number of ether oxygens (including phenoxy) is 1. The second-order valence-electron chi connectivity index (χ2n) is 3.20. The third-order valence-electron chi connectivity index (χ3n) is 1.95. The van der Waals surface area contributed by atoms with Crippen molar-refractivity contribution in [2.75, 3.05) is 19.8 Å². The maximum atomic E-state index is 5.07. The van der Waals surface area contributed by atoms with Gasteiger partial charge in [0.05, 0.1) is 13.2 Å². The second kappa shape index (κ2) is 3.77. The molecule has 0 spiro atoms. The fourth-order valence-corrected chi connectivity index (χ4v) is 1.13. The van der Waals surface area contributed by atoms with E-state index < -0.39 is 0 Å². The van der Waals surface area contributed by atoms with Crippen LogP contribution in [-0.2, 0) is 4.74 Å². The van der Waals surface area contributed by atoms with Gasteiger partial charge in [-0.05, 0) is 26.3 Å². The average molecular weight is 155 g/mol. The molecule has 0 atom stereocenters. The van der Waals surface area contributed by atoms with E-state index in [-0.39, 0.29) is 0 Å². The molecule has 0 bridgehead atoms. The molecular weight excluding hydrogens is 138 g/mol. The van der Waals surface area contributed by atoms with Gasteiger partial charge >= 0.3 is 0 Å². The normalized spacial score (nSPS) is 16.5. The van der Waals surface area contributed by atoms with E-state index >= 15 is 0 Å². The third-order valence-corrected chi connectivity index (χ3v) is 1.95. The largest absolute Gasteiger partial charge is 0.375 e. The molecule has 0 aromatic heterocycles. The molecule has 0 N–H and O–H groups in total. The van der Waals surface area contributed by atoms with Gasteiger partial charge in [-0.25, -0.2) is 0 Å². The lowest BCUT2D eigenvalue weighted by Crippen LogP contribution is -2.28. The van der Waals surface area contributed by atoms with Gasteiger partial charge in [0.15, 0.2) is 0 Å². The molecule has 64 valence electrons. The van der Waals surface area contributed by atoms with E-state index in [0.717, 1.165) is 19.8 Å². The first kappa shape index (κ1) is 8.60.